The van der Waals surface area contributed by atoms with E-state index in [4.69, 9.17) is 11.6 Å². The topological polar surface area (TPSA) is 86.8 Å². The van der Waals surface area contributed by atoms with Crippen molar-refractivity contribution in [2.45, 2.75) is 37.1 Å². The summed E-state index contributed by atoms with van der Waals surface area (Å²) < 4.78 is 27.1. The van der Waals surface area contributed by atoms with Gasteiger partial charge in [-0.05, 0) is 68.1 Å². The number of amides is 2. The minimum atomic E-state index is -3.87. The molecule has 2 aromatic carbocycles. The lowest BCUT2D eigenvalue weighted by Gasteiger charge is -2.23. The summed E-state index contributed by atoms with van der Waals surface area (Å²) in [5, 5.41) is 3.12. The van der Waals surface area contributed by atoms with Crippen LogP contribution in [-0.2, 0) is 26.0 Å². The Labute approximate surface area is 187 Å². The molecule has 0 saturated heterocycles. The summed E-state index contributed by atoms with van der Waals surface area (Å²) in [6, 6.07) is 11.5. The maximum absolute atomic E-state index is 13.0. The highest BCUT2D eigenvalue weighted by atomic mass is 35.5. The van der Waals surface area contributed by atoms with E-state index in [1.54, 1.807) is 41.3 Å². The largest absolute Gasteiger partial charge is 0.325 e. The minimum absolute atomic E-state index is 0.00209. The molecule has 9 heteroatoms. The first-order chi connectivity index (χ1) is 14.7. The minimum Gasteiger partial charge on any atom is -0.325 e. The van der Waals surface area contributed by atoms with Crippen molar-refractivity contribution in [2.24, 2.45) is 5.92 Å². The van der Waals surface area contributed by atoms with Gasteiger partial charge in [0.1, 0.15) is 0 Å². The smallest absolute Gasteiger partial charge is 0.243 e. The molecular formula is C22H24ClN3O4S. The molecule has 1 N–H and O–H groups in total. The van der Waals surface area contributed by atoms with Crippen LogP contribution in [0.1, 0.15) is 25.3 Å². The fraction of sp³-hybridized carbons (Fsp3) is 0.364. The highest BCUT2D eigenvalue weighted by Crippen LogP contribution is 2.39. The predicted molar refractivity (Wildman–Crippen MR) is 120 cm³/mol. The van der Waals surface area contributed by atoms with Crippen LogP contribution in [0.15, 0.2) is 47.4 Å². The molecule has 1 heterocycles. The highest BCUT2D eigenvalue weighted by Gasteiger charge is 2.40. The van der Waals surface area contributed by atoms with Gasteiger partial charge >= 0.3 is 0 Å². The van der Waals surface area contributed by atoms with Crippen molar-refractivity contribution in [3.63, 3.8) is 0 Å². The lowest BCUT2D eigenvalue weighted by molar-refractivity contribution is -0.120. The van der Waals surface area contributed by atoms with Crippen LogP contribution in [0, 0.1) is 5.92 Å². The Kier molecular flexibility index (Phi) is 5.81. The second kappa shape index (κ2) is 8.26. The number of halogens is 1. The van der Waals surface area contributed by atoms with E-state index in [2.05, 4.69) is 5.32 Å². The van der Waals surface area contributed by atoms with Crippen LogP contribution in [0.25, 0.3) is 0 Å². The quantitative estimate of drug-likeness (QED) is 0.715. The summed E-state index contributed by atoms with van der Waals surface area (Å²) in [6.45, 7) is 1.63. The number of carbonyl (C=O) groups excluding carboxylic acids is 2. The van der Waals surface area contributed by atoms with Gasteiger partial charge in [-0.1, -0.05) is 17.7 Å². The summed E-state index contributed by atoms with van der Waals surface area (Å²) in [4.78, 5) is 26.8. The number of nitrogens with one attached hydrogen (secondary N) is 1. The van der Waals surface area contributed by atoms with E-state index < -0.39 is 15.9 Å². The number of sulfonamides is 1. The van der Waals surface area contributed by atoms with Crippen molar-refractivity contribution in [2.75, 3.05) is 23.8 Å². The van der Waals surface area contributed by atoms with Gasteiger partial charge in [0.15, 0.2) is 0 Å². The van der Waals surface area contributed by atoms with E-state index >= 15 is 0 Å². The standard InChI is InChI=1S/C22H24ClN3O4S/c1-14-10-16-11-19(8-9-20(16)26(14)22(28)15-6-7-15)31(29,30)25(2)13-21(27)24-18-5-3-4-17(23)12-18/h3-5,8-9,11-12,14-15H,6-7,10,13H2,1-2H3,(H,24,27)/t14-/m1/s1. The van der Waals surface area contributed by atoms with E-state index in [0.717, 1.165) is 28.4 Å². The molecule has 2 aliphatic rings. The zero-order chi connectivity index (χ0) is 22.3. The molecule has 2 amide bonds. The Morgan fingerprint density at radius 1 is 1.19 bits per heavy atom. The summed E-state index contributed by atoms with van der Waals surface area (Å²) in [5.41, 5.74) is 2.11. The molecule has 7 nitrogen and oxygen atoms in total. The summed E-state index contributed by atoms with van der Waals surface area (Å²) in [5.74, 6) is -0.248. The lowest BCUT2D eigenvalue weighted by Crippen LogP contribution is -2.36. The maximum atomic E-state index is 13.0. The molecule has 1 aliphatic heterocycles. The number of anilines is 2. The van der Waals surface area contributed by atoms with Crippen molar-refractivity contribution in [3.8, 4) is 0 Å². The normalized spacial score (nSPS) is 18.2. The molecule has 0 unspecified atom stereocenters. The lowest BCUT2D eigenvalue weighted by atomic mass is 10.1. The average Bonchev–Trinajstić information content (AvgIpc) is 3.49. The second-order valence-corrected chi connectivity index (χ2v) is 10.6. The van der Waals surface area contributed by atoms with E-state index in [9.17, 15) is 18.0 Å². The van der Waals surface area contributed by atoms with Crippen LogP contribution in [0.4, 0.5) is 11.4 Å². The molecule has 0 aromatic heterocycles. The number of rotatable bonds is 6. The number of carbonyl (C=O) groups is 2. The Bertz CT molecular complexity index is 1150. The Hall–Kier alpha value is -2.42. The predicted octanol–water partition coefficient (Wildman–Crippen LogP) is 3.29. The van der Waals surface area contributed by atoms with Crippen LogP contribution in [0.3, 0.4) is 0 Å². The molecule has 1 aliphatic carbocycles. The molecule has 0 spiro atoms. The Balaban J connectivity index is 1.49. The fourth-order valence-corrected chi connectivity index (χ4v) is 5.23. The van der Waals surface area contributed by atoms with Crippen LogP contribution in [0.5, 0.6) is 0 Å². The van der Waals surface area contributed by atoms with Crippen molar-refractivity contribution < 1.29 is 18.0 Å². The van der Waals surface area contributed by atoms with E-state index in [1.807, 2.05) is 6.92 Å². The zero-order valence-corrected chi connectivity index (χ0v) is 18.9. The third-order valence-corrected chi connectivity index (χ3v) is 7.65. The molecule has 0 radical (unpaired) electrons. The molecule has 4 rings (SSSR count). The van der Waals surface area contributed by atoms with Gasteiger partial charge in [0.2, 0.25) is 21.8 Å². The van der Waals surface area contributed by atoms with Crippen LogP contribution in [-0.4, -0.2) is 44.2 Å². The van der Waals surface area contributed by atoms with Gasteiger partial charge in [0, 0.05) is 35.4 Å². The maximum Gasteiger partial charge on any atom is 0.243 e. The Morgan fingerprint density at radius 2 is 1.94 bits per heavy atom. The van der Waals surface area contributed by atoms with E-state index in [1.165, 1.54) is 13.1 Å². The molecule has 164 valence electrons. The van der Waals surface area contributed by atoms with Gasteiger partial charge < -0.3 is 10.2 Å². The SMILES string of the molecule is C[C@@H]1Cc2cc(S(=O)(=O)N(C)CC(=O)Nc3cccc(Cl)c3)ccc2N1C(=O)C1CC1. The summed E-state index contributed by atoms with van der Waals surface area (Å²) >= 11 is 5.91. The number of likely N-dealkylation sites (N-methyl/N-ethyl adjacent to an activating group) is 1. The summed E-state index contributed by atoms with van der Waals surface area (Å²) in [7, 11) is -2.51. The number of hydrogen-bond donors (Lipinski definition) is 1. The monoisotopic (exact) mass is 461 g/mol. The van der Waals surface area contributed by atoms with Crippen molar-refractivity contribution in [1.29, 1.82) is 0 Å². The highest BCUT2D eigenvalue weighted by molar-refractivity contribution is 7.89. The van der Waals surface area contributed by atoms with Crippen LogP contribution in [0.2, 0.25) is 5.02 Å². The first-order valence-corrected chi connectivity index (χ1v) is 12.0. The zero-order valence-electron chi connectivity index (χ0n) is 17.3. The number of nitrogens with zero attached hydrogens (tertiary/aromatic N) is 2. The Morgan fingerprint density at radius 3 is 2.61 bits per heavy atom. The molecule has 2 aromatic rings. The van der Waals surface area contributed by atoms with Gasteiger partial charge in [0.05, 0.1) is 11.4 Å². The van der Waals surface area contributed by atoms with Crippen molar-refractivity contribution >= 4 is 44.8 Å². The van der Waals surface area contributed by atoms with Crippen LogP contribution < -0.4 is 10.2 Å². The van der Waals surface area contributed by atoms with Gasteiger partial charge in [-0.15, -0.1) is 0 Å². The second-order valence-electron chi connectivity index (χ2n) is 8.15. The van der Waals surface area contributed by atoms with Gasteiger partial charge in [0.25, 0.3) is 0 Å². The van der Waals surface area contributed by atoms with E-state index in [-0.39, 0.29) is 29.3 Å². The first kappa shape index (κ1) is 21.8. The van der Waals surface area contributed by atoms with Crippen LogP contribution >= 0.6 is 11.6 Å². The number of hydrogen-bond acceptors (Lipinski definition) is 4. The molecule has 31 heavy (non-hydrogen) atoms. The third-order valence-electron chi connectivity index (χ3n) is 5.61. The van der Waals surface area contributed by atoms with E-state index in [0.29, 0.717) is 17.1 Å². The van der Waals surface area contributed by atoms with Gasteiger partial charge in [-0.3, -0.25) is 9.59 Å². The molecule has 1 atom stereocenters. The van der Waals surface area contributed by atoms with Crippen molar-refractivity contribution in [3.05, 3.63) is 53.1 Å². The first-order valence-electron chi connectivity index (χ1n) is 10.1. The fourth-order valence-electron chi connectivity index (χ4n) is 3.86. The third kappa shape index (κ3) is 4.46. The number of fused-ring (bicyclic) bond motifs is 1. The molecule has 1 fully saturated rings. The molecule has 0 bridgehead atoms. The van der Waals surface area contributed by atoms with Gasteiger partial charge in [-0.25, -0.2) is 8.42 Å². The van der Waals surface area contributed by atoms with Crippen molar-refractivity contribution in [1.82, 2.24) is 4.31 Å². The molecular weight excluding hydrogens is 438 g/mol. The average molecular weight is 462 g/mol. The number of benzene rings is 2. The molecule has 1 saturated carbocycles. The van der Waals surface area contributed by atoms with Gasteiger partial charge in [-0.2, -0.15) is 4.31 Å². The summed E-state index contributed by atoms with van der Waals surface area (Å²) in [6.07, 6.45) is 2.45.